The number of halogens is 2. The highest BCUT2D eigenvalue weighted by Gasteiger charge is 2.16. The van der Waals surface area contributed by atoms with E-state index in [1.807, 2.05) is 6.07 Å². The molecule has 0 radical (unpaired) electrons. The van der Waals surface area contributed by atoms with Gasteiger partial charge in [0.2, 0.25) is 0 Å². The third-order valence-corrected chi connectivity index (χ3v) is 4.07. The van der Waals surface area contributed by atoms with Gasteiger partial charge in [0, 0.05) is 6.61 Å². The fourth-order valence-corrected chi connectivity index (χ4v) is 2.25. The molecular weight excluding hydrogens is 271 g/mol. The van der Waals surface area contributed by atoms with Crippen molar-refractivity contribution in [3.05, 3.63) is 34.1 Å². The topological polar surface area (TPSA) is 9.23 Å². The Morgan fingerprint density at radius 2 is 2.19 bits per heavy atom. The van der Waals surface area contributed by atoms with Gasteiger partial charge in [-0.2, -0.15) is 0 Å². The van der Waals surface area contributed by atoms with E-state index in [0.717, 1.165) is 24.5 Å². The van der Waals surface area contributed by atoms with E-state index in [1.165, 1.54) is 25.3 Å². The minimum absolute atomic E-state index is 0.222. The van der Waals surface area contributed by atoms with Gasteiger partial charge in [0.1, 0.15) is 5.82 Å². The lowest BCUT2D eigenvalue weighted by Crippen LogP contribution is -2.13. The summed E-state index contributed by atoms with van der Waals surface area (Å²) < 4.78 is 19.3. The first-order valence-electron chi connectivity index (χ1n) is 5.78. The molecule has 3 heteroatoms. The molecule has 0 aromatic heterocycles. The minimum atomic E-state index is -0.222. The molecule has 0 bridgehead atoms. The highest BCUT2D eigenvalue weighted by molar-refractivity contribution is 9.10. The standard InChI is InChI=1S/C13H16BrFO/c14-13-11(5-2-6-12(13)15)9-16-8-7-10-3-1-4-10/h2,5-6,10H,1,3-4,7-9H2. The van der Waals surface area contributed by atoms with Crippen molar-refractivity contribution in [2.24, 2.45) is 5.92 Å². The number of hydrogen-bond donors (Lipinski definition) is 0. The lowest BCUT2D eigenvalue weighted by Gasteiger charge is -2.24. The molecule has 88 valence electrons. The molecule has 1 aliphatic carbocycles. The lowest BCUT2D eigenvalue weighted by molar-refractivity contribution is 0.0945. The molecule has 1 nitrogen and oxygen atoms in total. The summed E-state index contributed by atoms with van der Waals surface area (Å²) in [7, 11) is 0. The smallest absolute Gasteiger partial charge is 0.137 e. The minimum Gasteiger partial charge on any atom is -0.377 e. The second kappa shape index (κ2) is 5.78. The van der Waals surface area contributed by atoms with Crippen LogP contribution in [0.25, 0.3) is 0 Å². The van der Waals surface area contributed by atoms with E-state index >= 15 is 0 Å². The Hall–Kier alpha value is -0.410. The van der Waals surface area contributed by atoms with Crippen LogP contribution in [0.2, 0.25) is 0 Å². The van der Waals surface area contributed by atoms with Crippen LogP contribution in [0.5, 0.6) is 0 Å². The maximum absolute atomic E-state index is 13.2. The molecule has 1 aromatic rings. The van der Waals surface area contributed by atoms with Gasteiger partial charge in [-0.05, 0) is 39.9 Å². The molecule has 0 N–H and O–H groups in total. The van der Waals surface area contributed by atoms with Crippen LogP contribution in [0.3, 0.4) is 0 Å². The van der Waals surface area contributed by atoms with E-state index in [0.29, 0.717) is 11.1 Å². The molecule has 1 aliphatic rings. The Morgan fingerprint density at radius 3 is 2.88 bits per heavy atom. The Balaban J connectivity index is 1.73. The van der Waals surface area contributed by atoms with Crippen LogP contribution in [0.15, 0.2) is 22.7 Å². The van der Waals surface area contributed by atoms with E-state index in [-0.39, 0.29) is 5.82 Å². The van der Waals surface area contributed by atoms with E-state index < -0.39 is 0 Å². The van der Waals surface area contributed by atoms with Crippen molar-refractivity contribution < 1.29 is 9.13 Å². The second-order valence-corrected chi connectivity index (χ2v) is 5.14. The van der Waals surface area contributed by atoms with Gasteiger partial charge in [-0.3, -0.25) is 0 Å². The van der Waals surface area contributed by atoms with Gasteiger partial charge in [-0.25, -0.2) is 4.39 Å². The van der Waals surface area contributed by atoms with Crippen LogP contribution in [-0.2, 0) is 11.3 Å². The van der Waals surface area contributed by atoms with Crippen molar-refractivity contribution in [2.75, 3.05) is 6.61 Å². The van der Waals surface area contributed by atoms with Gasteiger partial charge in [0.05, 0.1) is 11.1 Å². The summed E-state index contributed by atoms with van der Waals surface area (Å²) in [6.45, 7) is 1.28. The Kier molecular flexibility index (Phi) is 4.36. The van der Waals surface area contributed by atoms with Gasteiger partial charge >= 0.3 is 0 Å². The van der Waals surface area contributed by atoms with Gasteiger partial charge in [-0.1, -0.05) is 31.4 Å². The lowest BCUT2D eigenvalue weighted by atomic mass is 9.83. The van der Waals surface area contributed by atoms with Crippen LogP contribution in [0.4, 0.5) is 4.39 Å². The molecule has 0 saturated heterocycles. The predicted octanol–water partition coefficient (Wildman–Crippen LogP) is 4.30. The van der Waals surface area contributed by atoms with Crippen molar-refractivity contribution in [2.45, 2.75) is 32.3 Å². The molecule has 1 aromatic carbocycles. The Labute approximate surface area is 104 Å². The molecule has 0 amide bonds. The van der Waals surface area contributed by atoms with Crippen LogP contribution in [0, 0.1) is 11.7 Å². The zero-order valence-corrected chi connectivity index (χ0v) is 10.8. The fourth-order valence-electron chi connectivity index (χ4n) is 1.87. The highest BCUT2D eigenvalue weighted by atomic mass is 79.9. The Morgan fingerprint density at radius 1 is 1.38 bits per heavy atom. The summed E-state index contributed by atoms with van der Waals surface area (Å²) in [5, 5.41) is 0. The van der Waals surface area contributed by atoms with Crippen molar-refractivity contribution in [3.8, 4) is 0 Å². The molecule has 0 heterocycles. The van der Waals surface area contributed by atoms with Crippen LogP contribution in [0.1, 0.15) is 31.2 Å². The van der Waals surface area contributed by atoms with Crippen LogP contribution < -0.4 is 0 Å². The summed E-state index contributed by atoms with van der Waals surface area (Å²) in [6.07, 6.45) is 5.23. The highest BCUT2D eigenvalue weighted by Crippen LogP contribution is 2.29. The number of benzene rings is 1. The quantitative estimate of drug-likeness (QED) is 0.734. The molecule has 0 spiro atoms. The Bertz CT molecular complexity index is 350. The maximum Gasteiger partial charge on any atom is 0.137 e. The molecule has 1 saturated carbocycles. The van der Waals surface area contributed by atoms with E-state index in [1.54, 1.807) is 6.07 Å². The molecule has 16 heavy (non-hydrogen) atoms. The third kappa shape index (κ3) is 3.05. The van der Waals surface area contributed by atoms with Crippen molar-refractivity contribution in [1.29, 1.82) is 0 Å². The average Bonchev–Trinajstić information content (AvgIpc) is 2.21. The maximum atomic E-state index is 13.2. The van der Waals surface area contributed by atoms with E-state index in [2.05, 4.69) is 15.9 Å². The van der Waals surface area contributed by atoms with Gasteiger partial charge in [0.15, 0.2) is 0 Å². The zero-order chi connectivity index (χ0) is 11.4. The zero-order valence-electron chi connectivity index (χ0n) is 9.22. The van der Waals surface area contributed by atoms with Gasteiger partial charge in [0.25, 0.3) is 0 Å². The monoisotopic (exact) mass is 286 g/mol. The first kappa shape index (κ1) is 12.1. The number of ether oxygens (including phenoxy) is 1. The molecule has 0 atom stereocenters. The third-order valence-electron chi connectivity index (χ3n) is 3.18. The summed E-state index contributed by atoms with van der Waals surface area (Å²) in [4.78, 5) is 0. The van der Waals surface area contributed by atoms with Crippen molar-refractivity contribution >= 4 is 15.9 Å². The first-order valence-corrected chi connectivity index (χ1v) is 6.57. The SMILES string of the molecule is Fc1cccc(COCCC2CCC2)c1Br. The largest absolute Gasteiger partial charge is 0.377 e. The van der Waals surface area contributed by atoms with E-state index in [9.17, 15) is 4.39 Å². The summed E-state index contributed by atoms with van der Waals surface area (Å²) in [5.74, 6) is 0.649. The summed E-state index contributed by atoms with van der Waals surface area (Å²) in [6, 6.07) is 5.04. The molecule has 0 unspecified atom stereocenters. The van der Waals surface area contributed by atoms with E-state index in [4.69, 9.17) is 4.74 Å². The summed E-state index contributed by atoms with van der Waals surface area (Å²) >= 11 is 3.23. The van der Waals surface area contributed by atoms with Crippen molar-refractivity contribution in [3.63, 3.8) is 0 Å². The van der Waals surface area contributed by atoms with Crippen LogP contribution >= 0.6 is 15.9 Å². The number of hydrogen-bond acceptors (Lipinski definition) is 1. The fraction of sp³-hybridized carbons (Fsp3) is 0.538. The summed E-state index contributed by atoms with van der Waals surface area (Å²) in [5.41, 5.74) is 0.883. The first-order chi connectivity index (χ1) is 7.77. The number of rotatable bonds is 5. The molecule has 0 aliphatic heterocycles. The molecule has 1 fully saturated rings. The van der Waals surface area contributed by atoms with Crippen molar-refractivity contribution in [1.82, 2.24) is 0 Å². The van der Waals surface area contributed by atoms with Gasteiger partial charge in [-0.15, -0.1) is 0 Å². The van der Waals surface area contributed by atoms with Gasteiger partial charge < -0.3 is 4.74 Å². The normalized spacial score (nSPS) is 16.1. The molecular formula is C13H16BrFO. The molecule has 2 rings (SSSR count). The predicted molar refractivity (Wildman–Crippen MR) is 65.7 cm³/mol. The average molecular weight is 287 g/mol. The second-order valence-electron chi connectivity index (χ2n) is 4.35. The van der Waals surface area contributed by atoms with Crippen LogP contribution in [-0.4, -0.2) is 6.61 Å².